The van der Waals surface area contributed by atoms with Gasteiger partial charge in [-0.1, -0.05) is 47.5 Å². The van der Waals surface area contributed by atoms with Gasteiger partial charge in [0.2, 0.25) is 11.4 Å². The lowest BCUT2D eigenvalue weighted by Crippen LogP contribution is -2.13. The molecule has 0 spiro atoms. The number of allylic oxidation sites excluding steroid dienone is 4. The van der Waals surface area contributed by atoms with Crippen molar-refractivity contribution in [2.75, 3.05) is 7.11 Å². The van der Waals surface area contributed by atoms with E-state index in [1.807, 2.05) is 18.2 Å². The van der Waals surface area contributed by atoms with Gasteiger partial charge >= 0.3 is 0 Å². The van der Waals surface area contributed by atoms with Crippen LogP contribution in [0, 0.1) is 23.3 Å². The number of H-pyrrole nitrogens is 1. The molecule has 4 aromatic heterocycles. The van der Waals surface area contributed by atoms with Gasteiger partial charge in [0, 0.05) is 88.7 Å². The molecule has 2 unspecified atom stereocenters. The number of hydrogen-bond donors (Lipinski definition) is 1. The van der Waals surface area contributed by atoms with Crippen molar-refractivity contribution in [2.45, 2.75) is 63.2 Å². The first-order valence-electron chi connectivity index (χ1n) is 23.2. The second-order valence-corrected chi connectivity index (χ2v) is 18.7. The van der Waals surface area contributed by atoms with Crippen LogP contribution in [-0.2, 0) is 35.3 Å². The maximum Gasteiger partial charge on any atom is 0.248 e. The quantitative estimate of drug-likeness (QED) is 0.0882. The largest absolute Gasteiger partial charge is 0.481 e. The lowest BCUT2D eigenvalue weighted by molar-refractivity contribution is -0.119. The van der Waals surface area contributed by atoms with Gasteiger partial charge in [-0.25, -0.2) is 32.5 Å². The van der Waals surface area contributed by atoms with Gasteiger partial charge < -0.3 is 18.6 Å². The van der Waals surface area contributed by atoms with Crippen molar-refractivity contribution in [3.63, 3.8) is 0 Å². The molecule has 8 aromatic rings. The van der Waals surface area contributed by atoms with Crippen molar-refractivity contribution >= 4 is 45.9 Å². The van der Waals surface area contributed by atoms with Crippen LogP contribution in [0.1, 0.15) is 82.5 Å². The van der Waals surface area contributed by atoms with Gasteiger partial charge in [-0.05, 0) is 132 Å². The third kappa shape index (κ3) is 12.3. The fraction of sp³-hybridized carbons (Fsp3) is 0.193. The zero-order valence-electron chi connectivity index (χ0n) is 39.1. The van der Waals surface area contributed by atoms with Gasteiger partial charge in [-0.15, -0.1) is 0 Å². The van der Waals surface area contributed by atoms with E-state index in [4.69, 9.17) is 36.8 Å². The number of aromatic nitrogens is 4. The van der Waals surface area contributed by atoms with Crippen LogP contribution < -0.4 is 10.3 Å². The van der Waals surface area contributed by atoms with Crippen LogP contribution >= 0.6 is 23.2 Å². The number of Topliss-reactive ketones (excluding diaryl/α,β-unsaturated/α-hetero) is 2. The second kappa shape index (κ2) is 22.4. The van der Waals surface area contributed by atoms with Crippen molar-refractivity contribution in [3.8, 4) is 28.5 Å². The van der Waals surface area contributed by atoms with Crippen molar-refractivity contribution in [1.29, 1.82) is 0 Å². The predicted octanol–water partition coefficient (Wildman–Crippen LogP) is 13.3. The molecule has 16 heteroatoms. The number of hydrogen-bond acceptors (Lipinski definition) is 9. The standard InChI is InChI=1S/C29H23ClF2N2O3.C28H21ClF2N2O3/c1-36-26-9-6-18-2-3-20(27(18)34-26)13-25(35)14-21(10-17-11-23(31)15-24(32)12-17)28-29(37-16-33-28)19-4-7-22(30)8-5-19;29-21-6-3-18(4-7-21)28-27(32-15-36-28)20(9-16-10-22(30)14-23(31)11-16)13-24(34)12-19-2-1-17-5-8-25(35)33-26(17)19/h3-9,11-12,15-16,21H,2,10,13-14H2,1H3;2-8,10-11,14-15,20H,1,9,12-13H2,(H,33,35). The average Bonchev–Trinajstić information content (AvgIpc) is 4.19. The van der Waals surface area contributed by atoms with E-state index in [2.05, 4.69) is 19.9 Å². The highest BCUT2D eigenvalue weighted by molar-refractivity contribution is 6.31. The number of fused-ring (bicyclic) bond motifs is 2. The molecule has 10 rings (SSSR count). The van der Waals surface area contributed by atoms with E-state index >= 15 is 0 Å². The average molecular weight is 1030 g/mol. The Kier molecular flexibility index (Phi) is 15.4. The molecule has 0 bridgehead atoms. The number of carbonyl (C=O) groups excluding carboxylic acids is 2. The van der Waals surface area contributed by atoms with Crippen molar-refractivity contribution in [3.05, 3.63) is 223 Å². The molecule has 0 fully saturated rings. The molecule has 4 aromatic carbocycles. The summed E-state index contributed by atoms with van der Waals surface area (Å²) in [7, 11) is 1.55. The van der Waals surface area contributed by atoms with Crippen LogP contribution in [0.4, 0.5) is 17.6 Å². The third-order valence-corrected chi connectivity index (χ3v) is 13.1. The Hall–Kier alpha value is -7.68. The third-order valence-electron chi connectivity index (χ3n) is 12.6. The SMILES string of the molecule is COc1ccc2c(n1)C(CC(=O)CC(Cc1cc(F)cc(F)c1)c1ncoc1-c1ccc(Cl)cc1)=CC2.O=C(CC1=CCc2ccc(=O)[nH]c21)CC(Cc1cc(F)cc(F)c1)c1ncoc1-c1ccc(Cl)cc1. The summed E-state index contributed by atoms with van der Waals surface area (Å²) in [5.74, 6) is -2.40. The molecular weight excluding hydrogens is 984 g/mol. The summed E-state index contributed by atoms with van der Waals surface area (Å²) >= 11 is 12.1. The Morgan fingerprint density at radius 2 is 1.10 bits per heavy atom. The Balaban J connectivity index is 0.000000180. The van der Waals surface area contributed by atoms with Gasteiger partial charge in [0.15, 0.2) is 24.3 Å². The van der Waals surface area contributed by atoms with E-state index in [0.29, 0.717) is 68.5 Å². The highest BCUT2D eigenvalue weighted by atomic mass is 35.5. The maximum atomic E-state index is 14.0. The fourth-order valence-corrected chi connectivity index (χ4v) is 9.62. The van der Waals surface area contributed by atoms with Crippen LogP contribution in [0.2, 0.25) is 10.0 Å². The predicted molar refractivity (Wildman–Crippen MR) is 269 cm³/mol. The summed E-state index contributed by atoms with van der Waals surface area (Å²) in [4.78, 5) is 54.5. The van der Waals surface area contributed by atoms with Crippen LogP contribution in [0.25, 0.3) is 33.8 Å². The minimum absolute atomic E-state index is 0.0457. The van der Waals surface area contributed by atoms with Crippen molar-refractivity contribution in [1.82, 2.24) is 19.9 Å². The van der Waals surface area contributed by atoms with Gasteiger partial charge in [0.1, 0.15) is 34.8 Å². The number of ether oxygens (including phenoxy) is 1. The number of oxazole rings is 2. The maximum absolute atomic E-state index is 14.0. The topological polar surface area (TPSA) is 141 Å². The molecule has 0 radical (unpaired) electrons. The molecule has 370 valence electrons. The normalized spacial score (nSPS) is 13.3. The lowest BCUT2D eigenvalue weighted by atomic mass is 9.88. The van der Waals surface area contributed by atoms with E-state index in [1.165, 1.54) is 43.1 Å². The summed E-state index contributed by atoms with van der Waals surface area (Å²) in [6, 6.07) is 27.7. The molecule has 10 nitrogen and oxygen atoms in total. The van der Waals surface area contributed by atoms with E-state index in [0.717, 1.165) is 51.2 Å². The number of nitrogens with zero attached hydrogens (tertiary/aromatic N) is 3. The molecule has 0 saturated carbocycles. The first kappa shape index (κ1) is 50.3. The van der Waals surface area contributed by atoms with Gasteiger partial charge in [-0.2, -0.15) is 0 Å². The highest BCUT2D eigenvalue weighted by Crippen LogP contribution is 2.38. The molecule has 73 heavy (non-hydrogen) atoms. The Morgan fingerprint density at radius 1 is 0.630 bits per heavy atom. The Morgan fingerprint density at radius 3 is 1.60 bits per heavy atom. The minimum Gasteiger partial charge on any atom is -0.481 e. The van der Waals surface area contributed by atoms with E-state index in [9.17, 15) is 31.9 Å². The van der Waals surface area contributed by atoms with Crippen LogP contribution in [0.3, 0.4) is 0 Å². The molecule has 1 N–H and O–H groups in total. The molecule has 0 saturated heterocycles. The fourth-order valence-electron chi connectivity index (χ4n) is 9.37. The summed E-state index contributed by atoms with van der Waals surface area (Å²) in [6.07, 6.45) is 8.73. The number of pyridine rings is 2. The number of benzene rings is 4. The Bertz CT molecular complexity index is 3420. The van der Waals surface area contributed by atoms with Crippen LogP contribution in [0.5, 0.6) is 5.88 Å². The van der Waals surface area contributed by atoms with E-state index < -0.39 is 35.1 Å². The molecule has 0 aliphatic heterocycles. The number of rotatable bonds is 17. The van der Waals surface area contributed by atoms with Crippen molar-refractivity contribution < 1.29 is 40.7 Å². The van der Waals surface area contributed by atoms with E-state index in [-0.39, 0.29) is 55.7 Å². The van der Waals surface area contributed by atoms with E-state index in [1.54, 1.807) is 67.8 Å². The van der Waals surface area contributed by atoms with Crippen LogP contribution in [0.15, 0.2) is 148 Å². The molecular formula is C57H44Cl2F4N4O6. The van der Waals surface area contributed by atoms with Gasteiger partial charge in [0.25, 0.3) is 0 Å². The summed E-state index contributed by atoms with van der Waals surface area (Å²) in [5.41, 5.74) is 8.19. The number of carbonyl (C=O) groups is 2. The van der Waals surface area contributed by atoms with Gasteiger partial charge in [-0.3, -0.25) is 14.4 Å². The second-order valence-electron chi connectivity index (χ2n) is 17.8. The summed E-state index contributed by atoms with van der Waals surface area (Å²) < 4.78 is 72.4. The first-order valence-corrected chi connectivity index (χ1v) is 24.0. The molecule has 2 aliphatic rings. The number of aromatic amines is 1. The molecule has 4 heterocycles. The number of methoxy groups -OCH3 is 1. The first-order chi connectivity index (χ1) is 35.2. The highest BCUT2D eigenvalue weighted by Gasteiger charge is 2.29. The van der Waals surface area contributed by atoms with Gasteiger partial charge in [0.05, 0.1) is 24.2 Å². The monoisotopic (exact) mass is 1030 g/mol. The summed E-state index contributed by atoms with van der Waals surface area (Å²) in [5, 5.41) is 1.13. The summed E-state index contributed by atoms with van der Waals surface area (Å²) in [6.45, 7) is 0. The van der Waals surface area contributed by atoms with Crippen molar-refractivity contribution in [2.24, 2.45) is 0 Å². The lowest BCUT2D eigenvalue weighted by Gasteiger charge is -2.16. The number of halogens is 6. The smallest absolute Gasteiger partial charge is 0.248 e. The minimum atomic E-state index is -0.690. The number of ketones is 2. The molecule has 2 atom stereocenters. The zero-order valence-corrected chi connectivity index (χ0v) is 40.6. The zero-order chi connectivity index (χ0) is 51.2. The molecule has 0 amide bonds. The van der Waals surface area contributed by atoms with Crippen LogP contribution in [-0.4, -0.2) is 38.6 Å². The molecule has 2 aliphatic carbocycles. The number of nitrogens with one attached hydrogen (secondary N) is 1. The Labute approximate surface area is 426 Å².